The second kappa shape index (κ2) is 16.8. The summed E-state index contributed by atoms with van der Waals surface area (Å²) in [6.45, 7) is -0.433. The molecule has 228 valence electrons. The maximum atomic E-state index is 13.7. The van der Waals surface area contributed by atoms with E-state index in [1.807, 2.05) is 0 Å². The molecule has 0 amide bonds. The zero-order valence-corrected chi connectivity index (χ0v) is 23.9. The van der Waals surface area contributed by atoms with Gasteiger partial charge in [-0.1, -0.05) is 0 Å². The van der Waals surface area contributed by atoms with Gasteiger partial charge < -0.3 is 61.6 Å². The van der Waals surface area contributed by atoms with Crippen molar-refractivity contribution in [2.24, 2.45) is 0 Å². The number of ketones is 1. The molecule has 41 heavy (non-hydrogen) atoms. The molecule has 1 saturated heterocycles. The maximum Gasteiger partial charge on any atom is 0.206 e. The fraction of sp³-hybridized carbons (Fsp3) is 0.519. The summed E-state index contributed by atoms with van der Waals surface area (Å²) in [7, 11) is 8.88. The van der Waals surface area contributed by atoms with Crippen LogP contribution in [-0.2, 0) is 33.2 Å². The lowest BCUT2D eigenvalue weighted by atomic mass is 10.0. The number of rotatable bonds is 21. The van der Waals surface area contributed by atoms with Gasteiger partial charge in [0, 0.05) is 48.7 Å². The van der Waals surface area contributed by atoms with Gasteiger partial charge in [0.05, 0.1) is 5.56 Å². The maximum absolute atomic E-state index is 13.7. The first-order chi connectivity index (χ1) is 20.0. The largest absolute Gasteiger partial charge is 0.467 e. The van der Waals surface area contributed by atoms with Gasteiger partial charge >= 0.3 is 0 Å². The standard InChI is InChI=1S/C27H36O14/c1-29-11-35-19-10-21(37-13-31-3)20(36-12-30-2)9-18(19)24(28)27-25(41-27)17-7-22(38-14-32-4)26(40-16-34-6)23(8-17)39-15-33-5/h7-10,25,27H,11-16H2,1-6H3. The molecule has 2 atom stereocenters. The molecule has 0 saturated carbocycles. The first-order valence-electron chi connectivity index (χ1n) is 12.3. The SMILES string of the molecule is COCOc1cc(OCOC)c(C(=O)C2OC2c2cc(OCOC)c(OCOC)c(OCOC)c2)cc1OCOC. The highest BCUT2D eigenvalue weighted by Crippen LogP contribution is 2.48. The zero-order valence-electron chi connectivity index (χ0n) is 23.9. The smallest absolute Gasteiger partial charge is 0.206 e. The molecule has 14 heteroatoms. The van der Waals surface area contributed by atoms with Gasteiger partial charge in [0.25, 0.3) is 0 Å². The minimum Gasteiger partial charge on any atom is -0.467 e. The van der Waals surface area contributed by atoms with Crippen molar-refractivity contribution < 1.29 is 66.4 Å². The Hall–Kier alpha value is -3.37. The van der Waals surface area contributed by atoms with Crippen LogP contribution in [0.25, 0.3) is 0 Å². The normalized spacial score (nSPS) is 15.8. The van der Waals surface area contributed by atoms with E-state index < -0.39 is 12.2 Å². The van der Waals surface area contributed by atoms with Crippen LogP contribution in [0.3, 0.4) is 0 Å². The molecule has 1 heterocycles. The number of ether oxygens (including phenoxy) is 13. The van der Waals surface area contributed by atoms with E-state index in [2.05, 4.69) is 0 Å². The molecule has 2 aromatic rings. The van der Waals surface area contributed by atoms with Gasteiger partial charge in [-0.3, -0.25) is 4.79 Å². The van der Waals surface area contributed by atoms with Crippen molar-refractivity contribution in [1.82, 2.24) is 0 Å². The molecule has 0 aromatic heterocycles. The fourth-order valence-corrected chi connectivity index (χ4v) is 3.65. The molecule has 3 rings (SSSR count). The number of benzene rings is 2. The van der Waals surface area contributed by atoms with Crippen LogP contribution in [0.5, 0.6) is 34.5 Å². The highest BCUT2D eigenvalue weighted by Gasteiger charge is 2.48. The van der Waals surface area contributed by atoms with Crippen LogP contribution in [0.1, 0.15) is 22.0 Å². The molecular formula is C27H36O14. The Labute approximate surface area is 238 Å². The summed E-state index contributed by atoms with van der Waals surface area (Å²) in [6, 6.07) is 6.37. The number of Topliss-reactive ketones (excluding diaryl/α,β-unsaturated/α-hetero) is 1. The Morgan fingerprint density at radius 1 is 0.561 bits per heavy atom. The Bertz CT molecular complexity index is 1080. The molecule has 1 aliphatic rings. The summed E-state index contributed by atoms with van der Waals surface area (Å²) < 4.78 is 70.1. The first-order valence-corrected chi connectivity index (χ1v) is 12.3. The molecule has 0 bridgehead atoms. The van der Waals surface area contributed by atoms with E-state index >= 15 is 0 Å². The summed E-state index contributed by atoms with van der Waals surface area (Å²) in [5.74, 6) is 1.25. The lowest BCUT2D eigenvalue weighted by Crippen LogP contribution is -2.14. The molecule has 0 radical (unpaired) electrons. The summed E-state index contributed by atoms with van der Waals surface area (Å²) in [5, 5.41) is 0. The van der Waals surface area contributed by atoms with Crippen LogP contribution in [0.4, 0.5) is 0 Å². The highest BCUT2D eigenvalue weighted by molar-refractivity contribution is 6.04. The van der Waals surface area contributed by atoms with E-state index in [0.717, 1.165) is 0 Å². The lowest BCUT2D eigenvalue weighted by Gasteiger charge is -2.17. The van der Waals surface area contributed by atoms with Crippen molar-refractivity contribution in [3.63, 3.8) is 0 Å². The number of carbonyl (C=O) groups is 1. The molecule has 1 aliphatic heterocycles. The van der Waals surface area contributed by atoms with E-state index in [4.69, 9.17) is 61.6 Å². The third-order valence-corrected chi connectivity index (χ3v) is 5.42. The van der Waals surface area contributed by atoms with E-state index in [9.17, 15) is 4.79 Å². The third-order valence-electron chi connectivity index (χ3n) is 5.42. The van der Waals surface area contributed by atoms with Crippen LogP contribution in [-0.4, -0.2) is 95.3 Å². The van der Waals surface area contributed by atoms with Gasteiger partial charge in [-0.2, -0.15) is 0 Å². The Morgan fingerprint density at radius 3 is 1.46 bits per heavy atom. The van der Waals surface area contributed by atoms with Crippen LogP contribution in [0, 0.1) is 0 Å². The molecule has 14 nitrogen and oxygen atoms in total. The molecule has 0 N–H and O–H groups in total. The van der Waals surface area contributed by atoms with Crippen molar-refractivity contribution >= 4 is 5.78 Å². The van der Waals surface area contributed by atoms with Crippen LogP contribution in [0.2, 0.25) is 0 Å². The lowest BCUT2D eigenvalue weighted by molar-refractivity contribution is 0.0217. The molecular weight excluding hydrogens is 548 g/mol. The van der Waals surface area contributed by atoms with Gasteiger partial charge in [-0.25, -0.2) is 0 Å². The topological polar surface area (TPSA) is 140 Å². The summed E-state index contributed by atoms with van der Waals surface area (Å²) in [5.41, 5.74) is 0.790. The highest BCUT2D eigenvalue weighted by atomic mass is 16.7. The van der Waals surface area contributed by atoms with Gasteiger partial charge in [0.1, 0.15) is 11.9 Å². The summed E-state index contributed by atoms with van der Waals surface area (Å²) in [4.78, 5) is 13.7. The van der Waals surface area contributed by atoms with Crippen molar-refractivity contribution in [2.45, 2.75) is 12.2 Å². The average molecular weight is 585 g/mol. The van der Waals surface area contributed by atoms with E-state index in [-0.39, 0.29) is 75.1 Å². The summed E-state index contributed by atoms with van der Waals surface area (Å²) >= 11 is 0. The van der Waals surface area contributed by atoms with E-state index in [0.29, 0.717) is 17.1 Å². The predicted molar refractivity (Wildman–Crippen MR) is 140 cm³/mol. The van der Waals surface area contributed by atoms with Gasteiger partial charge in [-0.05, 0) is 23.8 Å². The van der Waals surface area contributed by atoms with E-state index in [1.54, 1.807) is 12.1 Å². The zero-order chi connectivity index (χ0) is 29.6. The Morgan fingerprint density at radius 2 is 0.976 bits per heavy atom. The number of hydrogen-bond donors (Lipinski definition) is 0. The molecule has 1 fully saturated rings. The number of hydrogen-bond acceptors (Lipinski definition) is 14. The van der Waals surface area contributed by atoms with Crippen molar-refractivity contribution in [3.05, 3.63) is 35.4 Å². The van der Waals surface area contributed by atoms with Gasteiger partial charge in [0.15, 0.2) is 75.6 Å². The van der Waals surface area contributed by atoms with E-state index in [1.165, 1.54) is 54.8 Å². The predicted octanol–water partition coefficient (Wildman–Crippen LogP) is 2.91. The second-order valence-corrected chi connectivity index (χ2v) is 8.29. The summed E-state index contributed by atoms with van der Waals surface area (Å²) in [6.07, 6.45) is -1.48. The number of epoxide rings is 1. The van der Waals surface area contributed by atoms with Crippen molar-refractivity contribution in [3.8, 4) is 34.5 Å². The minimum absolute atomic E-state index is 0.0563. The monoisotopic (exact) mass is 584 g/mol. The van der Waals surface area contributed by atoms with Crippen LogP contribution in [0.15, 0.2) is 24.3 Å². The van der Waals surface area contributed by atoms with Crippen LogP contribution < -0.4 is 28.4 Å². The van der Waals surface area contributed by atoms with Crippen molar-refractivity contribution in [2.75, 3.05) is 83.4 Å². The third kappa shape index (κ3) is 8.81. The second-order valence-electron chi connectivity index (χ2n) is 8.29. The molecule has 2 aromatic carbocycles. The number of methoxy groups -OCH3 is 6. The number of carbonyl (C=O) groups excluding carboxylic acids is 1. The Balaban J connectivity index is 1.95. The average Bonchev–Trinajstić information content (AvgIpc) is 3.79. The van der Waals surface area contributed by atoms with Gasteiger partial charge in [-0.15, -0.1) is 0 Å². The molecule has 0 aliphatic carbocycles. The molecule has 2 unspecified atom stereocenters. The minimum atomic E-state index is -0.850. The fourth-order valence-electron chi connectivity index (χ4n) is 3.65. The molecule has 0 spiro atoms. The van der Waals surface area contributed by atoms with Crippen LogP contribution >= 0.6 is 0 Å². The van der Waals surface area contributed by atoms with Crippen molar-refractivity contribution in [1.29, 1.82) is 0 Å². The quantitative estimate of drug-likeness (QED) is 0.121. The Kier molecular flexibility index (Phi) is 13.2. The first kappa shape index (κ1) is 32.1. The van der Waals surface area contributed by atoms with Gasteiger partial charge in [0.2, 0.25) is 5.75 Å².